The number of hydrogen-bond acceptors (Lipinski definition) is 0. The van der Waals surface area contributed by atoms with Crippen LogP contribution in [-0.4, -0.2) is 0 Å². The summed E-state index contributed by atoms with van der Waals surface area (Å²) in [5, 5.41) is 5.53. The van der Waals surface area contributed by atoms with E-state index in [4.69, 9.17) is 0 Å². The van der Waals surface area contributed by atoms with Crippen LogP contribution in [0.3, 0.4) is 0 Å². The summed E-state index contributed by atoms with van der Waals surface area (Å²) in [6, 6.07) is 15.9. The molecule has 0 amide bonds. The van der Waals surface area contributed by atoms with Crippen molar-refractivity contribution < 1.29 is 0 Å². The Hall–Kier alpha value is -2.34. The summed E-state index contributed by atoms with van der Waals surface area (Å²) in [6.07, 6.45) is 3.40. The number of allylic oxidation sites excluding steroid dienone is 4. The summed E-state index contributed by atoms with van der Waals surface area (Å²) in [5.74, 6) is 0. The van der Waals surface area contributed by atoms with Gasteiger partial charge in [-0.15, -0.1) is 0 Å². The van der Waals surface area contributed by atoms with Crippen molar-refractivity contribution in [1.29, 1.82) is 0 Å². The van der Waals surface area contributed by atoms with E-state index in [2.05, 4.69) is 76.2 Å². The van der Waals surface area contributed by atoms with Crippen molar-refractivity contribution in [3.05, 3.63) is 76.4 Å². The molecule has 0 saturated carbocycles. The molecule has 0 heterocycles. The summed E-state index contributed by atoms with van der Waals surface area (Å²) in [6.45, 7) is 8.79. The number of fused-ring (bicyclic) bond motifs is 5. The van der Waals surface area contributed by atoms with E-state index in [1.54, 1.807) is 0 Å². The lowest BCUT2D eigenvalue weighted by Crippen LogP contribution is -1.89. The van der Waals surface area contributed by atoms with Crippen LogP contribution in [0.15, 0.2) is 59.7 Å². The molecular weight excluding hydrogens is 276 g/mol. The maximum atomic E-state index is 2.34. The molecule has 0 heteroatoms. The summed E-state index contributed by atoms with van der Waals surface area (Å²) < 4.78 is 0. The highest BCUT2D eigenvalue weighted by atomic mass is 14.2. The first-order valence-corrected chi connectivity index (χ1v) is 8.34. The van der Waals surface area contributed by atoms with Gasteiger partial charge in [-0.1, -0.05) is 59.7 Å². The van der Waals surface area contributed by atoms with Gasteiger partial charge in [0.1, 0.15) is 0 Å². The third-order valence-electron chi connectivity index (χ3n) is 4.98. The van der Waals surface area contributed by atoms with Gasteiger partial charge in [0.2, 0.25) is 0 Å². The average Bonchev–Trinajstić information content (AvgIpc) is 2.82. The zero-order chi connectivity index (χ0) is 16.1. The first-order chi connectivity index (χ1) is 11.0. The van der Waals surface area contributed by atoms with Gasteiger partial charge in [0.25, 0.3) is 0 Å². The van der Waals surface area contributed by atoms with E-state index in [-0.39, 0.29) is 0 Å². The zero-order valence-electron chi connectivity index (χ0n) is 14.3. The lowest BCUT2D eigenvalue weighted by molar-refractivity contribution is 1.24. The molecular formula is C23H22. The van der Waals surface area contributed by atoms with Crippen molar-refractivity contribution in [2.24, 2.45) is 0 Å². The minimum atomic E-state index is 1.05. The molecule has 4 rings (SSSR count). The van der Waals surface area contributed by atoms with E-state index < -0.39 is 0 Å². The summed E-state index contributed by atoms with van der Waals surface area (Å²) in [5.41, 5.74) is 8.53. The lowest BCUT2D eigenvalue weighted by Gasteiger charge is -2.11. The van der Waals surface area contributed by atoms with E-state index >= 15 is 0 Å². The molecule has 3 aromatic carbocycles. The smallest absolute Gasteiger partial charge is 0.00105 e. The van der Waals surface area contributed by atoms with Crippen molar-refractivity contribution >= 4 is 27.1 Å². The van der Waals surface area contributed by atoms with Crippen LogP contribution in [0.1, 0.15) is 37.5 Å². The van der Waals surface area contributed by atoms with Gasteiger partial charge in [-0.3, -0.25) is 0 Å². The Morgan fingerprint density at radius 2 is 1.65 bits per heavy atom. The molecule has 0 N–H and O–H groups in total. The first-order valence-electron chi connectivity index (χ1n) is 8.34. The number of aryl methyl sites for hydroxylation is 1. The maximum Gasteiger partial charge on any atom is -0.00105 e. The van der Waals surface area contributed by atoms with Crippen LogP contribution in [0.2, 0.25) is 0 Å². The second-order valence-electron chi connectivity index (χ2n) is 7.03. The fourth-order valence-electron chi connectivity index (χ4n) is 3.89. The number of hydrogen-bond donors (Lipinski definition) is 0. The molecule has 0 aliphatic heterocycles. The van der Waals surface area contributed by atoms with E-state index in [0.717, 1.165) is 6.42 Å². The fraction of sp³-hybridized carbons (Fsp3) is 0.217. The van der Waals surface area contributed by atoms with Gasteiger partial charge < -0.3 is 0 Å². The Morgan fingerprint density at radius 1 is 0.913 bits per heavy atom. The van der Waals surface area contributed by atoms with E-state index in [0.29, 0.717) is 0 Å². The van der Waals surface area contributed by atoms with E-state index in [1.807, 2.05) is 0 Å². The molecule has 114 valence electrons. The van der Waals surface area contributed by atoms with E-state index in [9.17, 15) is 0 Å². The van der Waals surface area contributed by atoms with Crippen LogP contribution in [0, 0.1) is 6.92 Å². The van der Waals surface area contributed by atoms with Gasteiger partial charge in [-0.25, -0.2) is 0 Å². The maximum absolute atomic E-state index is 2.34. The Kier molecular flexibility index (Phi) is 3.16. The topological polar surface area (TPSA) is 0 Å². The van der Waals surface area contributed by atoms with Crippen molar-refractivity contribution in [2.75, 3.05) is 0 Å². The van der Waals surface area contributed by atoms with Gasteiger partial charge in [-0.05, 0) is 77.9 Å². The highest BCUT2D eigenvalue weighted by molar-refractivity contribution is 6.11. The molecule has 1 aliphatic rings. The normalized spacial score (nSPS) is 13.7. The van der Waals surface area contributed by atoms with Gasteiger partial charge >= 0.3 is 0 Å². The van der Waals surface area contributed by atoms with E-state index in [1.165, 1.54) is 55.0 Å². The van der Waals surface area contributed by atoms with Crippen molar-refractivity contribution in [2.45, 2.75) is 34.1 Å². The van der Waals surface area contributed by atoms with Gasteiger partial charge in [-0.2, -0.15) is 0 Å². The summed E-state index contributed by atoms with van der Waals surface area (Å²) in [4.78, 5) is 0. The monoisotopic (exact) mass is 298 g/mol. The highest BCUT2D eigenvalue weighted by Crippen LogP contribution is 2.40. The van der Waals surface area contributed by atoms with Crippen molar-refractivity contribution in [3.8, 4) is 0 Å². The Morgan fingerprint density at radius 3 is 2.43 bits per heavy atom. The minimum absolute atomic E-state index is 1.05. The number of benzene rings is 3. The molecule has 23 heavy (non-hydrogen) atoms. The SMILES string of the molecule is CC(C)=CC1=C(C)c2ccc3ccc4cc(C)ccc4c3c2C1. The summed E-state index contributed by atoms with van der Waals surface area (Å²) in [7, 11) is 0. The van der Waals surface area contributed by atoms with Crippen LogP contribution in [-0.2, 0) is 6.42 Å². The van der Waals surface area contributed by atoms with Gasteiger partial charge in [0.05, 0.1) is 0 Å². The van der Waals surface area contributed by atoms with Crippen LogP contribution in [0.5, 0.6) is 0 Å². The molecule has 3 aromatic rings. The Labute approximate surface area is 138 Å². The largest absolute Gasteiger partial charge is 0.0761 e. The first kappa shape index (κ1) is 14.3. The molecule has 0 fully saturated rings. The zero-order valence-corrected chi connectivity index (χ0v) is 14.3. The van der Waals surface area contributed by atoms with Gasteiger partial charge in [0.15, 0.2) is 0 Å². The third-order valence-corrected chi connectivity index (χ3v) is 4.98. The molecule has 0 aromatic heterocycles. The molecule has 0 radical (unpaired) electrons. The predicted octanol–water partition coefficient (Wildman–Crippen LogP) is 6.60. The third kappa shape index (κ3) is 2.21. The second-order valence-corrected chi connectivity index (χ2v) is 7.03. The fourth-order valence-corrected chi connectivity index (χ4v) is 3.89. The number of rotatable bonds is 1. The van der Waals surface area contributed by atoms with Gasteiger partial charge in [0, 0.05) is 0 Å². The van der Waals surface area contributed by atoms with Crippen LogP contribution < -0.4 is 0 Å². The molecule has 0 nitrogen and oxygen atoms in total. The Balaban J connectivity index is 2.05. The standard InChI is InChI=1S/C23H22/c1-14(2)11-19-13-22-20(16(19)4)10-8-17-6-7-18-12-15(3)5-9-21(18)23(17)22/h5-12H,13H2,1-4H3. The quantitative estimate of drug-likeness (QED) is 0.444. The average molecular weight is 298 g/mol. The molecule has 1 aliphatic carbocycles. The van der Waals surface area contributed by atoms with Crippen molar-refractivity contribution in [1.82, 2.24) is 0 Å². The minimum Gasteiger partial charge on any atom is -0.0761 e. The van der Waals surface area contributed by atoms with Crippen LogP contribution >= 0.6 is 0 Å². The Bertz CT molecular complexity index is 1010. The molecule has 0 atom stereocenters. The van der Waals surface area contributed by atoms with Crippen LogP contribution in [0.25, 0.3) is 27.1 Å². The molecule has 0 unspecified atom stereocenters. The highest BCUT2D eigenvalue weighted by Gasteiger charge is 2.20. The summed E-state index contributed by atoms with van der Waals surface area (Å²) >= 11 is 0. The molecule has 0 saturated heterocycles. The van der Waals surface area contributed by atoms with Crippen LogP contribution in [0.4, 0.5) is 0 Å². The predicted molar refractivity (Wildman–Crippen MR) is 102 cm³/mol. The molecule has 0 spiro atoms. The second kappa shape index (κ2) is 5.09. The lowest BCUT2D eigenvalue weighted by atomic mass is 9.93. The molecule has 0 bridgehead atoms. The van der Waals surface area contributed by atoms with Crippen molar-refractivity contribution in [3.63, 3.8) is 0 Å².